The van der Waals surface area contributed by atoms with E-state index in [4.69, 9.17) is 21.1 Å². The average Bonchev–Trinajstić information content (AvgIpc) is 3.32. The fraction of sp³-hybridized carbons (Fsp3) is 0.280. The predicted octanol–water partition coefficient (Wildman–Crippen LogP) is 4.99. The zero-order chi connectivity index (χ0) is 21.5. The smallest absolute Gasteiger partial charge is 0.254 e. The lowest BCUT2D eigenvalue weighted by atomic mass is 10.1. The molecule has 0 bridgehead atoms. The molecule has 3 aromatic rings. The standard InChI is InChI=1S/C25H25ClN2O3/c26-22-7-4-6-21(14-22)25(29)28(16-23-8-1-2-11-27-23)15-19-5-3-9-24(13-19)31-18-20-10-12-30-17-20/h1-9,11,13-14,20H,10,12,15-18H2. The second kappa shape index (κ2) is 10.4. The van der Waals surface area contributed by atoms with Gasteiger partial charge in [-0.2, -0.15) is 0 Å². The SMILES string of the molecule is O=C(c1cccc(Cl)c1)N(Cc1cccc(OCC2CCOC2)c1)Cc1ccccn1. The summed E-state index contributed by atoms with van der Waals surface area (Å²) < 4.78 is 11.4. The van der Waals surface area contributed by atoms with Gasteiger partial charge in [-0.15, -0.1) is 0 Å². The number of ether oxygens (including phenoxy) is 2. The molecule has 1 amide bonds. The Bertz CT molecular complexity index is 1010. The molecular weight excluding hydrogens is 412 g/mol. The number of nitrogens with zero attached hydrogens (tertiary/aromatic N) is 2. The van der Waals surface area contributed by atoms with Crippen LogP contribution in [0.4, 0.5) is 0 Å². The van der Waals surface area contributed by atoms with E-state index in [9.17, 15) is 4.79 Å². The molecule has 2 aromatic carbocycles. The first-order chi connectivity index (χ1) is 15.2. The van der Waals surface area contributed by atoms with Crippen LogP contribution in [0, 0.1) is 5.92 Å². The van der Waals surface area contributed by atoms with Crippen LogP contribution in [0.1, 0.15) is 28.0 Å². The zero-order valence-corrected chi connectivity index (χ0v) is 18.0. The minimum Gasteiger partial charge on any atom is -0.493 e. The molecule has 1 aliphatic heterocycles. The minimum absolute atomic E-state index is 0.0948. The van der Waals surface area contributed by atoms with Gasteiger partial charge in [0, 0.05) is 35.9 Å². The highest BCUT2D eigenvalue weighted by atomic mass is 35.5. The molecule has 0 radical (unpaired) electrons. The number of carbonyl (C=O) groups excluding carboxylic acids is 1. The number of halogens is 1. The lowest BCUT2D eigenvalue weighted by Crippen LogP contribution is -2.30. The van der Waals surface area contributed by atoms with Crippen molar-refractivity contribution >= 4 is 17.5 Å². The molecule has 1 aliphatic rings. The van der Waals surface area contributed by atoms with Gasteiger partial charge < -0.3 is 14.4 Å². The maximum Gasteiger partial charge on any atom is 0.254 e. The van der Waals surface area contributed by atoms with E-state index in [1.54, 1.807) is 35.4 Å². The van der Waals surface area contributed by atoms with Crippen molar-refractivity contribution < 1.29 is 14.3 Å². The van der Waals surface area contributed by atoms with E-state index in [2.05, 4.69) is 4.98 Å². The molecule has 0 saturated carbocycles. The largest absolute Gasteiger partial charge is 0.493 e. The van der Waals surface area contributed by atoms with E-state index >= 15 is 0 Å². The van der Waals surface area contributed by atoms with Gasteiger partial charge in [-0.3, -0.25) is 9.78 Å². The first kappa shape index (κ1) is 21.3. The number of aromatic nitrogens is 1. The van der Waals surface area contributed by atoms with Crippen LogP contribution < -0.4 is 4.74 Å². The molecule has 2 heterocycles. The first-order valence-corrected chi connectivity index (χ1v) is 10.8. The van der Waals surface area contributed by atoms with Crippen molar-refractivity contribution in [1.82, 2.24) is 9.88 Å². The molecule has 1 saturated heterocycles. The molecule has 4 rings (SSSR count). The molecule has 0 N–H and O–H groups in total. The summed E-state index contributed by atoms with van der Waals surface area (Å²) >= 11 is 6.11. The van der Waals surface area contributed by atoms with E-state index < -0.39 is 0 Å². The number of rotatable bonds is 8. The van der Waals surface area contributed by atoms with E-state index in [-0.39, 0.29) is 5.91 Å². The van der Waals surface area contributed by atoms with E-state index in [0.29, 0.717) is 36.2 Å². The van der Waals surface area contributed by atoms with Gasteiger partial charge in [0.15, 0.2) is 0 Å². The summed E-state index contributed by atoms with van der Waals surface area (Å²) in [6.45, 7) is 3.04. The lowest BCUT2D eigenvalue weighted by Gasteiger charge is -2.23. The van der Waals surface area contributed by atoms with Crippen molar-refractivity contribution in [2.24, 2.45) is 5.92 Å². The summed E-state index contributed by atoms with van der Waals surface area (Å²) in [5.41, 5.74) is 2.37. The lowest BCUT2D eigenvalue weighted by molar-refractivity contribution is 0.0727. The quantitative estimate of drug-likeness (QED) is 0.499. The number of hydrogen-bond donors (Lipinski definition) is 0. The highest BCUT2D eigenvalue weighted by Crippen LogP contribution is 2.21. The van der Waals surface area contributed by atoms with Crippen LogP contribution in [-0.4, -0.2) is 35.6 Å². The van der Waals surface area contributed by atoms with Gasteiger partial charge in [0.2, 0.25) is 0 Å². The van der Waals surface area contributed by atoms with Gasteiger partial charge in [0.25, 0.3) is 5.91 Å². The van der Waals surface area contributed by atoms with Crippen molar-refractivity contribution in [3.05, 3.63) is 94.8 Å². The van der Waals surface area contributed by atoms with Crippen LogP contribution in [-0.2, 0) is 17.8 Å². The third-order valence-electron chi connectivity index (χ3n) is 5.22. The second-order valence-corrected chi connectivity index (χ2v) is 8.12. The third-order valence-corrected chi connectivity index (χ3v) is 5.45. The molecule has 0 spiro atoms. The molecule has 1 aromatic heterocycles. The highest BCUT2D eigenvalue weighted by molar-refractivity contribution is 6.30. The highest BCUT2D eigenvalue weighted by Gasteiger charge is 2.19. The summed E-state index contributed by atoms with van der Waals surface area (Å²) in [4.78, 5) is 19.4. The molecule has 6 heteroatoms. The molecule has 160 valence electrons. The van der Waals surface area contributed by atoms with Crippen LogP contribution in [0.5, 0.6) is 5.75 Å². The summed E-state index contributed by atoms with van der Waals surface area (Å²) in [7, 11) is 0. The van der Waals surface area contributed by atoms with Gasteiger partial charge in [0.05, 0.1) is 25.5 Å². The maximum atomic E-state index is 13.3. The normalized spacial score (nSPS) is 15.6. The van der Waals surface area contributed by atoms with E-state index in [1.807, 2.05) is 42.5 Å². The number of hydrogen-bond acceptors (Lipinski definition) is 4. The van der Waals surface area contributed by atoms with Gasteiger partial charge >= 0.3 is 0 Å². The number of pyridine rings is 1. The van der Waals surface area contributed by atoms with Gasteiger partial charge in [-0.05, 0) is 54.4 Å². The van der Waals surface area contributed by atoms with Crippen LogP contribution >= 0.6 is 11.6 Å². The molecule has 0 aliphatic carbocycles. The summed E-state index contributed by atoms with van der Waals surface area (Å²) in [6.07, 6.45) is 2.77. The molecule has 31 heavy (non-hydrogen) atoms. The van der Waals surface area contributed by atoms with Crippen molar-refractivity contribution in [3.63, 3.8) is 0 Å². The Morgan fingerprint density at radius 3 is 2.77 bits per heavy atom. The van der Waals surface area contributed by atoms with Crippen LogP contribution in [0.25, 0.3) is 0 Å². The topological polar surface area (TPSA) is 51.7 Å². The summed E-state index contributed by atoms with van der Waals surface area (Å²) in [6, 6.07) is 20.6. The zero-order valence-electron chi connectivity index (χ0n) is 17.2. The number of carbonyl (C=O) groups is 1. The summed E-state index contributed by atoms with van der Waals surface area (Å²) in [5, 5.41) is 0.537. The fourth-order valence-electron chi connectivity index (χ4n) is 3.57. The van der Waals surface area contributed by atoms with Gasteiger partial charge in [0.1, 0.15) is 5.75 Å². The molecule has 1 fully saturated rings. The Labute approximate surface area is 187 Å². The second-order valence-electron chi connectivity index (χ2n) is 7.68. The fourth-order valence-corrected chi connectivity index (χ4v) is 3.76. The molecule has 1 atom stereocenters. The van der Waals surface area contributed by atoms with Crippen molar-refractivity contribution in [3.8, 4) is 5.75 Å². The minimum atomic E-state index is -0.0948. The Kier molecular flexibility index (Phi) is 7.18. The Morgan fingerprint density at radius 1 is 1.10 bits per heavy atom. The van der Waals surface area contributed by atoms with Crippen LogP contribution in [0.15, 0.2) is 72.9 Å². The Morgan fingerprint density at radius 2 is 2.00 bits per heavy atom. The average molecular weight is 437 g/mol. The van der Waals surface area contributed by atoms with Gasteiger partial charge in [-0.1, -0.05) is 35.9 Å². The molecule has 1 unspecified atom stereocenters. The Balaban J connectivity index is 1.51. The van der Waals surface area contributed by atoms with E-state index in [0.717, 1.165) is 36.6 Å². The third kappa shape index (κ3) is 6.06. The summed E-state index contributed by atoms with van der Waals surface area (Å²) in [5.74, 6) is 1.15. The Hall–Kier alpha value is -2.89. The van der Waals surface area contributed by atoms with Crippen molar-refractivity contribution in [2.45, 2.75) is 19.5 Å². The first-order valence-electron chi connectivity index (χ1n) is 10.4. The number of benzene rings is 2. The van der Waals surface area contributed by atoms with Crippen molar-refractivity contribution in [2.75, 3.05) is 19.8 Å². The van der Waals surface area contributed by atoms with Crippen LogP contribution in [0.2, 0.25) is 5.02 Å². The monoisotopic (exact) mass is 436 g/mol. The predicted molar refractivity (Wildman–Crippen MR) is 120 cm³/mol. The van der Waals surface area contributed by atoms with Crippen molar-refractivity contribution in [1.29, 1.82) is 0 Å². The molecular formula is C25H25ClN2O3. The van der Waals surface area contributed by atoms with Gasteiger partial charge in [-0.25, -0.2) is 0 Å². The van der Waals surface area contributed by atoms with Crippen LogP contribution in [0.3, 0.4) is 0 Å². The van der Waals surface area contributed by atoms with E-state index in [1.165, 1.54) is 0 Å². The maximum absolute atomic E-state index is 13.3. The number of amides is 1. The molecule has 5 nitrogen and oxygen atoms in total.